The van der Waals surface area contributed by atoms with Gasteiger partial charge in [0.1, 0.15) is 0 Å². The summed E-state index contributed by atoms with van der Waals surface area (Å²) in [6.07, 6.45) is -2.08. The summed E-state index contributed by atoms with van der Waals surface area (Å²) in [7, 11) is 0. The lowest BCUT2D eigenvalue weighted by Gasteiger charge is -2.23. The number of rotatable bonds is 7. The quantitative estimate of drug-likeness (QED) is 0.445. The number of halogens is 4. The van der Waals surface area contributed by atoms with Gasteiger partial charge in [0.15, 0.2) is 0 Å². The van der Waals surface area contributed by atoms with Crippen LogP contribution in [0.15, 0.2) is 42.5 Å². The number of benzene rings is 2. The second-order valence-electron chi connectivity index (χ2n) is 6.84. The Morgan fingerprint density at radius 1 is 1.11 bits per heavy atom. The van der Waals surface area contributed by atoms with Crippen molar-refractivity contribution < 1.29 is 18.1 Å². The predicted octanol–water partition coefficient (Wildman–Crippen LogP) is 5.68. The molecule has 2 aromatic carbocycles. The molecule has 0 unspecified atom stereocenters. The van der Waals surface area contributed by atoms with Gasteiger partial charge in [-0.15, -0.1) is 0 Å². The number of non-ortho nitro benzene ring substituents is 1. The highest BCUT2D eigenvalue weighted by molar-refractivity contribution is 6.31. The van der Waals surface area contributed by atoms with Gasteiger partial charge in [0.25, 0.3) is 5.69 Å². The molecule has 1 aliphatic rings. The van der Waals surface area contributed by atoms with Crippen LogP contribution < -0.4 is 0 Å². The molecule has 0 amide bonds. The Hall–Kier alpha value is -2.12. The minimum atomic E-state index is -4.35. The van der Waals surface area contributed by atoms with Gasteiger partial charge >= 0.3 is 6.18 Å². The van der Waals surface area contributed by atoms with Gasteiger partial charge in [0.05, 0.1) is 15.5 Å². The molecule has 0 N–H and O–H groups in total. The van der Waals surface area contributed by atoms with E-state index in [9.17, 15) is 23.3 Å². The summed E-state index contributed by atoms with van der Waals surface area (Å²) >= 11 is 6.19. The standard InChI is InChI=1S/C19H18ClF3N2O2/c20-18-9-17(25(26)27)8-5-15(18)12-24(10-13-1-2-13)11-14-3-6-16(7-4-14)19(21,22)23/h3-9,13H,1-2,10-12H2. The van der Waals surface area contributed by atoms with Crippen LogP contribution in [0, 0.1) is 16.0 Å². The zero-order valence-corrected chi connectivity index (χ0v) is 15.1. The summed E-state index contributed by atoms with van der Waals surface area (Å²) in [5.41, 5.74) is 0.801. The first kappa shape index (κ1) is 19.6. The van der Waals surface area contributed by atoms with E-state index in [2.05, 4.69) is 4.90 Å². The molecular formula is C19H18ClF3N2O2. The van der Waals surface area contributed by atoms with Crippen LogP contribution in [0.1, 0.15) is 29.5 Å². The predicted molar refractivity (Wildman–Crippen MR) is 96.4 cm³/mol. The Balaban J connectivity index is 1.73. The Labute approximate surface area is 159 Å². The largest absolute Gasteiger partial charge is 0.416 e. The third-order valence-electron chi connectivity index (χ3n) is 4.54. The van der Waals surface area contributed by atoms with Crippen LogP contribution in [0.2, 0.25) is 5.02 Å². The summed E-state index contributed by atoms with van der Waals surface area (Å²) in [4.78, 5) is 12.5. The van der Waals surface area contributed by atoms with Crippen molar-refractivity contribution in [2.75, 3.05) is 6.54 Å². The van der Waals surface area contributed by atoms with Gasteiger partial charge in [-0.1, -0.05) is 23.7 Å². The van der Waals surface area contributed by atoms with Crippen molar-refractivity contribution in [3.8, 4) is 0 Å². The Kier molecular flexibility index (Phi) is 5.72. The zero-order chi connectivity index (χ0) is 19.6. The smallest absolute Gasteiger partial charge is 0.295 e. The minimum Gasteiger partial charge on any atom is -0.295 e. The Morgan fingerprint density at radius 3 is 2.30 bits per heavy atom. The fraction of sp³-hybridized carbons (Fsp3) is 0.368. The average Bonchev–Trinajstić information content (AvgIpc) is 3.40. The number of nitro groups is 1. The zero-order valence-electron chi connectivity index (χ0n) is 14.4. The van der Waals surface area contributed by atoms with Crippen LogP contribution in [0.5, 0.6) is 0 Å². The van der Waals surface area contributed by atoms with Crippen molar-refractivity contribution in [2.24, 2.45) is 5.92 Å². The number of nitrogens with zero attached hydrogens (tertiary/aromatic N) is 2. The second-order valence-corrected chi connectivity index (χ2v) is 7.25. The molecule has 0 bridgehead atoms. The van der Waals surface area contributed by atoms with E-state index < -0.39 is 16.7 Å². The molecule has 2 aromatic rings. The van der Waals surface area contributed by atoms with Crippen LogP contribution in [-0.2, 0) is 19.3 Å². The van der Waals surface area contributed by atoms with E-state index >= 15 is 0 Å². The lowest BCUT2D eigenvalue weighted by atomic mass is 10.1. The molecule has 0 saturated heterocycles. The fourth-order valence-electron chi connectivity index (χ4n) is 2.93. The normalized spacial score (nSPS) is 14.6. The van der Waals surface area contributed by atoms with E-state index in [-0.39, 0.29) is 5.69 Å². The molecule has 3 rings (SSSR count). The van der Waals surface area contributed by atoms with E-state index in [1.165, 1.54) is 24.3 Å². The topological polar surface area (TPSA) is 46.4 Å². The van der Waals surface area contributed by atoms with Crippen LogP contribution >= 0.6 is 11.6 Å². The maximum absolute atomic E-state index is 12.7. The highest BCUT2D eigenvalue weighted by atomic mass is 35.5. The number of nitro benzene ring substituents is 1. The van der Waals surface area contributed by atoms with Crippen LogP contribution in [-0.4, -0.2) is 16.4 Å². The van der Waals surface area contributed by atoms with Crippen molar-refractivity contribution in [1.82, 2.24) is 4.90 Å². The van der Waals surface area contributed by atoms with Gasteiger partial charge in [-0.25, -0.2) is 0 Å². The van der Waals surface area contributed by atoms with Gasteiger partial charge in [-0.05, 0) is 48.1 Å². The number of alkyl halides is 3. The van der Waals surface area contributed by atoms with Crippen molar-refractivity contribution in [3.05, 3.63) is 74.3 Å². The van der Waals surface area contributed by atoms with Gasteiger partial charge in [0, 0.05) is 31.8 Å². The van der Waals surface area contributed by atoms with E-state index in [0.29, 0.717) is 24.0 Å². The fourth-order valence-corrected chi connectivity index (χ4v) is 3.16. The average molecular weight is 399 g/mol. The molecule has 0 aromatic heterocycles. The summed E-state index contributed by atoms with van der Waals surface area (Å²) in [5.74, 6) is 0.580. The van der Waals surface area contributed by atoms with Gasteiger partial charge in [0.2, 0.25) is 0 Å². The summed E-state index contributed by atoms with van der Waals surface area (Å²) < 4.78 is 38.1. The molecule has 27 heavy (non-hydrogen) atoms. The summed E-state index contributed by atoms with van der Waals surface area (Å²) in [5, 5.41) is 11.2. The van der Waals surface area contributed by atoms with Crippen molar-refractivity contribution >= 4 is 17.3 Å². The molecule has 0 atom stereocenters. The molecule has 4 nitrogen and oxygen atoms in total. The van der Waals surface area contributed by atoms with Crippen molar-refractivity contribution in [2.45, 2.75) is 32.1 Å². The maximum Gasteiger partial charge on any atom is 0.416 e. The van der Waals surface area contributed by atoms with Gasteiger partial charge in [-0.3, -0.25) is 15.0 Å². The second kappa shape index (κ2) is 7.86. The first-order valence-electron chi connectivity index (χ1n) is 8.53. The van der Waals surface area contributed by atoms with Crippen molar-refractivity contribution in [3.63, 3.8) is 0 Å². The van der Waals surface area contributed by atoms with E-state index in [4.69, 9.17) is 11.6 Å². The van der Waals surface area contributed by atoms with Crippen LogP contribution in [0.25, 0.3) is 0 Å². The van der Waals surface area contributed by atoms with Gasteiger partial charge in [-0.2, -0.15) is 13.2 Å². The lowest BCUT2D eigenvalue weighted by molar-refractivity contribution is -0.384. The lowest BCUT2D eigenvalue weighted by Crippen LogP contribution is -2.25. The molecule has 0 radical (unpaired) electrons. The third-order valence-corrected chi connectivity index (χ3v) is 4.89. The molecule has 8 heteroatoms. The molecule has 1 aliphatic carbocycles. The molecule has 0 aliphatic heterocycles. The molecule has 0 heterocycles. The minimum absolute atomic E-state index is 0.0692. The Bertz CT molecular complexity index is 821. The van der Waals surface area contributed by atoms with E-state index in [0.717, 1.165) is 42.6 Å². The number of hydrogen-bond donors (Lipinski definition) is 0. The highest BCUT2D eigenvalue weighted by Crippen LogP contribution is 2.33. The SMILES string of the molecule is O=[N+]([O-])c1ccc(CN(Cc2ccc(C(F)(F)F)cc2)CC2CC2)c(Cl)c1. The monoisotopic (exact) mass is 398 g/mol. The third kappa shape index (κ3) is 5.43. The van der Waals surface area contributed by atoms with E-state index in [1.807, 2.05) is 0 Å². The highest BCUT2D eigenvalue weighted by Gasteiger charge is 2.30. The maximum atomic E-state index is 12.7. The first-order valence-corrected chi connectivity index (χ1v) is 8.91. The van der Waals surface area contributed by atoms with Crippen LogP contribution in [0.4, 0.5) is 18.9 Å². The first-order chi connectivity index (χ1) is 12.7. The van der Waals surface area contributed by atoms with Crippen LogP contribution in [0.3, 0.4) is 0 Å². The molecule has 1 saturated carbocycles. The molecule has 0 spiro atoms. The molecular weight excluding hydrogens is 381 g/mol. The summed E-state index contributed by atoms with van der Waals surface area (Å²) in [6, 6.07) is 9.51. The molecule has 1 fully saturated rings. The van der Waals surface area contributed by atoms with Crippen molar-refractivity contribution in [1.29, 1.82) is 0 Å². The number of hydrogen-bond acceptors (Lipinski definition) is 3. The molecule has 144 valence electrons. The van der Waals surface area contributed by atoms with E-state index in [1.54, 1.807) is 6.07 Å². The Morgan fingerprint density at radius 2 is 1.78 bits per heavy atom. The summed E-state index contributed by atoms with van der Waals surface area (Å²) in [6.45, 7) is 1.78. The van der Waals surface area contributed by atoms with Gasteiger partial charge < -0.3 is 0 Å².